The molecular weight excluding hydrogens is 258 g/mol. The van der Waals surface area contributed by atoms with Crippen molar-refractivity contribution in [2.45, 2.75) is 26.4 Å². The average molecular weight is 277 g/mol. The summed E-state index contributed by atoms with van der Waals surface area (Å²) in [5.74, 6) is -0.841. The van der Waals surface area contributed by atoms with Crippen LogP contribution in [0.25, 0.3) is 0 Å². The number of carboxylic acids is 1. The van der Waals surface area contributed by atoms with Gasteiger partial charge in [-0.05, 0) is 17.0 Å². The van der Waals surface area contributed by atoms with E-state index in [0.717, 1.165) is 5.56 Å². The molecule has 1 amide bonds. The van der Waals surface area contributed by atoms with Gasteiger partial charge in [0.1, 0.15) is 6.61 Å². The van der Waals surface area contributed by atoms with E-state index >= 15 is 0 Å². The van der Waals surface area contributed by atoms with Crippen molar-refractivity contribution in [3.63, 3.8) is 0 Å². The number of nitrogens with zero attached hydrogens (tertiary/aromatic N) is 1. The first-order chi connectivity index (χ1) is 9.47. The number of rotatable bonds is 4. The molecule has 0 unspecified atom stereocenters. The molecule has 1 fully saturated rings. The minimum atomic E-state index is -0.863. The molecular formula is C15H19NO4. The van der Waals surface area contributed by atoms with Crippen molar-refractivity contribution in [1.29, 1.82) is 0 Å². The van der Waals surface area contributed by atoms with E-state index in [1.807, 2.05) is 24.3 Å². The Hall–Kier alpha value is -2.04. The van der Waals surface area contributed by atoms with Crippen molar-refractivity contribution in [2.24, 2.45) is 5.92 Å². The maximum Gasteiger partial charge on any atom is 0.410 e. The molecule has 2 rings (SSSR count). The second-order valence-electron chi connectivity index (χ2n) is 5.39. The average Bonchev–Trinajstić information content (AvgIpc) is 2.34. The van der Waals surface area contributed by atoms with E-state index in [1.165, 1.54) is 10.5 Å². The molecule has 108 valence electrons. The summed E-state index contributed by atoms with van der Waals surface area (Å²) in [5, 5.41) is 8.73. The molecule has 0 radical (unpaired) electrons. The number of hydrogen-bond donors (Lipinski definition) is 1. The molecule has 0 spiro atoms. The van der Waals surface area contributed by atoms with Crippen molar-refractivity contribution < 1.29 is 19.4 Å². The Balaban J connectivity index is 1.78. The summed E-state index contributed by atoms with van der Waals surface area (Å²) < 4.78 is 5.15. The first-order valence-corrected chi connectivity index (χ1v) is 6.70. The van der Waals surface area contributed by atoms with E-state index in [9.17, 15) is 9.59 Å². The van der Waals surface area contributed by atoms with Gasteiger partial charge in [-0.1, -0.05) is 38.1 Å². The number of ether oxygens (including phenoxy) is 1. The molecule has 0 atom stereocenters. The molecule has 20 heavy (non-hydrogen) atoms. The summed E-state index contributed by atoms with van der Waals surface area (Å²) in [7, 11) is 0. The van der Waals surface area contributed by atoms with Crippen LogP contribution in [0.2, 0.25) is 0 Å². The van der Waals surface area contributed by atoms with Crippen LogP contribution in [0.15, 0.2) is 24.3 Å². The number of benzene rings is 1. The Morgan fingerprint density at radius 3 is 2.40 bits per heavy atom. The number of likely N-dealkylation sites (tertiary alicyclic amines) is 1. The normalized spacial score (nSPS) is 15.1. The molecule has 1 aromatic carbocycles. The molecule has 0 saturated carbocycles. The number of carbonyl (C=O) groups excluding carboxylic acids is 1. The Kier molecular flexibility index (Phi) is 4.27. The summed E-state index contributed by atoms with van der Waals surface area (Å²) in [6.07, 6.45) is -0.449. The Labute approximate surface area is 118 Å². The molecule has 0 bridgehead atoms. The zero-order chi connectivity index (χ0) is 14.7. The molecule has 0 aliphatic carbocycles. The third-order valence-corrected chi connectivity index (χ3v) is 3.50. The lowest BCUT2D eigenvalue weighted by Gasteiger charge is -2.35. The van der Waals surface area contributed by atoms with Crippen molar-refractivity contribution in [3.05, 3.63) is 35.4 Å². The second kappa shape index (κ2) is 5.94. The third-order valence-electron chi connectivity index (χ3n) is 3.50. The van der Waals surface area contributed by atoms with Crippen LogP contribution in [0, 0.1) is 5.92 Å². The number of hydrogen-bond acceptors (Lipinski definition) is 3. The fourth-order valence-electron chi connectivity index (χ4n) is 2.02. The largest absolute Gasteiger partial charge is 0.481 e. The highest BCUT2D eigenvalue weighted by molar-refractivity contribution is 5.76. The van der Waals surface area contributed by atoms with Gasteiger partial charge in [0.25, 0.3) is 0 Å². The minimum Gasteiger partial charge on any atom is -0.481 e. The van der Waals surface area contributed by atoms with Gasteiger partial charge in [-0.25, -0.2) is 4.79 Å². The quantitative estimate of drug-likeness (QED) is 0.918. The predicted molar refractivity (Wildman–Crippen MR) is 73.4 cm³/mol. The maximum absolute atomic E-state index is 11.7. The number of amides is 1. The van der Waals surface area contributed by atoms with Crippen LogP contribution in [0.4, 0.5) is 4.79 Å². The van der Waals surface area contributed by atoms with Crippen LogP contribution in [0.5, 0.6) is 0 Å². The first-order valence-electron chi connectivity index (χ1n) is 6.70. The lowest BCUT2D eigenvalue weighted by molar-refractivity contribution is -0.146. The van der Waals surface area contributed by atoms with Crippen molar-refractivity contribution in [2.75, 3.05) is 13.1 Å². The molecule has 1 N–H and O–H groups in total. The lowest BCUT2D eigenvalue weighted by atomic mass is 10.0. The van der Waals surface area contributed by atoms with Crippen LogP contribution >= 0.6 is 0 Å². The predicted octanol–water partition coefficient (Wildman–Crippen LogP) is 2.46. The van der Waals surface area contributed by atoms with E-state index in [1.54, 1.807) is 0 Å². The monoisotopic (exact) mass is 277 g/mol. The SMILES string of the molecule is CC(C)c1ccc(COC(=O)N2CC(C(=O)O)C2)cc1. The molecule has 1 heterocycles. The molecule has 1 aromatic rings. The van der Waals surface area contributed by atoms with E-state index in [4.69, 9.17) is 9.84 Å². The summed E-state index contributed by atoms with van der Waals surface area (Å²) in [6.45, 7) is 4.93. The van der Waals surface area contributed by atoms with Gasteiger partial charge in [-0.2, -0.15) is 0 Å². The highest BCUT2D eigenvalue weighted by Crippen LogP contribution is 2.18. The Morgan fingerprint density at radius 1 is 1.30 bits per heavy atom. The standard InChI is InChI=1S/C15H19NO4/c1-10(2)12-5-3-11(4-6-12)9-20-15(19)16-7-13(8-16)14(17)18/h3-6,10,13H,7-9H2,1-2H3,(H,17,18). The van der Waals surface area contributed by atoms with Crippen LogP contribution in [-0.4, -0.2) is 35.2 Å². The summed E-state index contributed by atoms with van der Waals surface area (Å²) >= 11 is 0. The maximum atomic E-state index is 11.7. The minimum absolute atomic E-state index is 0.214. The molecule has 5 heteroatoms. The molecule has 5 nitrogen and oxygen atoms in total. The first kappa shape index (κ1) is 14.4. The van der Waals surface area contributed by atoms with Crippen LogP contribution in [0.1, 0.15) is 30.9 Å². The lowest BCUT2D eigenvalue weighted by Crippen LogP contribution is -2.53. The Bertz CT molecular complexity index is 489. The van der Waals surface area contributed by atoms with Gasteiger partial charge < -0.3 is 14.7 Å². The van der Waals surface area contributed by atoms with Gasteiger partial charge in [-0.3, -0.25) is 4.79 Å². The summed E-state index contributed by atoms with van der Waals surface area (Å²) in [4.78, 5) is 23.7. The van der Waals surface area contributed by atoms with Gasteiger partial charge in [-0.15, -0.1) is 0 Å². The number of aliphatic carboxylic acids is 1. The van der Waals surface area contributed by atoms with Crippen LogP contribution in [-0.2, 0) is 16.1 Å². The number of carboxylic acid groups (broad SMARTS) is 1. The van der Waals surface area contributed by atoms with Gasteiger partial charge in [0, 0.05) is 13.1 Å². The van der Waals surface area contributed by atoms with Gasteiger partial charge in [0.2, 0.25) is 0 Å². The zero-order valence-corrected chi connectivity index (χ0v) is 11.7. The fraction of sp³-hybridized carbons (Fsp3) is 0.467. The molecule has 1 aliphatic rings. The highest BCUT2D eigenvalue weighted by Gasteiger charge is 2.36. The van der Waals surface area contributed by atoms with E-state index < -0.39 is 18.0 Å². The van der Waals surface area contributed by atoms with Crippen molar-refractivity contribution >= 4 is 12.1 Å². The zero-order valence-electron chi connectivity index (χ0n) is 11.7. The highest BCUT2D eigenvalue weighted by atomic mass is 16.6. The smallest absolute Gasteiger partial charge is 0.410 e. The summed E-state index contributed by atoms with van der Waals surface area (Å²) in [6, 6.07) is 7.94. The number of carbonyl (C=O) groups is 2. The second-order valence-corrected chi connectivity index (χ2v) is 5.39. The Morgan fingerprint density at radius 2 is 1.90 bits per heavy atom. The summed E-state index contributed by atoms with van der Waals surface area (Å²) in [5.41, 5.74) is 2.17. The molecule has 1 saturated heterocycles. The molecule has 0 aromatic heterocycles. The van der Waals surface area contributed by atoms with E-state index in [2.05, 4.69) is 13.8 Å². The van der Waals surface area contributed by atoms with Gasteiger partial charge in [0.05, 0.1) is 5.92 Å². The molecule has 1 aliphatic heterocycles. The van der Waals surface area contributed by atoms with E-state index in [0.29, 0.717) is 5.92 Å². The van der Waals surface area contributed by atoms with Crippen molar-refractivity contribution in [3.8, 4) is 0 Å². The van der Waals surface area contributed by atoms with Gasteiger partial charge >= 0.3 is 12.1 Å². The van der Waals surface area contributed by atoms with Crippen LogP contribution in [0.3, 0.4) is 0 Å². The third kappa shape index (κ3) is 3.29. The van der Waals surface area contributed by atoms with E-state index in [-0.39, 0.29) is 19.7 Å². The van der Waals surface area contributed by atoms with Gasteiger partial charge in [0.15, 0.2) is 0 Å². The fourth-order valence-corrected chi connectivity index (χ4v) is 2.02. The van der Waals surface area contributed by atoms with Crippen molar-refractivity contribution in [1.82, 2.24) is 4.90 Å². The van der Waals surface area contributed by atoms with Crippen LogP contribution < -0.4 is 0 Å². The topological polar surface area (TPSA) is 66.8 Å².